The molecule has 0 radical (unpaired) electrons. The molecule has 1 aromatic rings. The molecule has 1 saturated carbocycles. The molecule has 20 heavy (non-hydrogen) atoms. The van der Waals surface area contributed by atoms with Gasteiger partial charge in [0.1, 0.15) is 0 Å². The second-order valence-corrected chi connectivity index (χ2v) is 6.06. The molecule has 1 aliphatic rings. The average molecular weight is 301 g/mol. The predicted molar refractivity (Wildman–Crippen MR) is 80.2 cm³/mol. The van der Waals surface area contributed by atoms with Crippen molar-refractivity contribution < 1.29 is 9.84 Å². The Hall–Kier alpha value is -0.580. The van der Waals surface area contributed by atoms with Crippen LogP contribution in [0.5, 0.6) is 0 Å². The Morgan fingerprint density at radius 3 is 2.60 bits per heavy atom. The Morgan fingerprint density at radius 2 is 2.15 bits per heavy atom. The molecule has 1 aliphatic carbocycles. The molecule has 0 aliphatic heterocycles. The van der Waals surface area contributed by atoms with E-state index in [0.717, 1.165) is 37.2 Å². The zero-order valence-corrected chi connectivity index (χ0v) is 13.4. The van der Waals surface area contributed by atoms with Crippen molar-refractivity contribution in [1.29, 1.82) is 0 Å². The monoisotopic (exact) mass is 300 g/mol. The van der Waals surface area contributed by atoms with Crippen molar-refractivity contribution in [3.63, 3.8) is 0 Å². The van der Waals surface area contributed by atoms with E-state index < -0.39 is 6.10 Å². The number of rotatable bonds is 7. The summed E-state index contributed by atoms with van der Waals surface area (Å²) in [6, 6.07) is 0. The molecule has 1 heterocycles. The van der Waals surface area contributed by atoms with Crippen LogP contribution in [0.4, 0.5) is 0 Å². The Bertz CT molecular complexity index is 449. The van der Waals surface area contributed by atoms with Crippen LogP contribution in [0.3, 0.4) is 0 Å². The van der Waals surface area contributed by atoms with Gasteiger partial charge < -0.3 is 9.84 Å². The first-order chi connectivity index (χ1) is 9.55. The zero-order valence-electron chi connectivity index (χ0n) is 12.7. The first-order valence-electron chi connectivity index (χ1n) is 7.52. The fraction of sp³-hybridized carbons (Fsp3) is 0.800. The largest absolute Gasteiger partial charge is 0.393 e. The lowest BCUT2D eigenvalue weighted by Gasteiger charge is -2.41. The predicted octanol–water partition coefficient (Wildman–Crippen LogP) is 2.98. The molecule has 1 fully saturated rings. The first-order valence-corrected chi connectivity index (χ1v) is 7.90. The summed E-state index contributed by atoms with van der Waals surface area (Å²) >= 11 is 6.38. The highest BCUT2D eigenvalue weighted by molar-refractivity contribution is 6.31. The van der Waals surface area contributed by atoms with Crippen molar-refractivity contribution in [2.75, 3.05) is 7.11 Å². The van der Waals surface area contributed by atoms with Crippen molar-refractivity contribution in [3.8, 4) is 0 Å². The number of aryl methyl sites for hydroxylation is 2. The van der Waals surface area contributed by atoms with Crippen LogP contribution in [0.1, 0.15) is 50.9 Å². The maximum absolute atomic E-state index is 10.4. The maximum Gasteiger partial charge on any atom is 0.0850 e. The first kappa shape index (κ1) is 15.8. The third kappa shape index (κ3) is 3.02. The number of hydrogen-bond acceptors (Lipinski definition) is 3. The highest BCUT2D eigenvalue weighted by atomic mass is 35.5. The number of methoxy groups -OCH3 is 1. The standard InChI is InChI=1S/C15H25ClN2O2/c1-4-12-14(16)13(18(5-2)17-12)9-11(19)10-15(20-3)7-6-8-15/h11,19H,4-10H2,1-3H3. The number of halogens is 1. The number of aromatic nitrogens is 2. The average Bonchev–Trinajstić information content (AvgIpc) is 2.70. The number of nitrogens with zero attached hydrogens (tertiary/aromatic N) is 2. The minimum absolute atomic E-state index is 0.115. The Labute approximate surface area is 126 Å². The molecular formula is C15H25ClN2O2. The lowest BCUT2D eigenvalue weighted by Crippen LogP contribution is -2.42. The van der Waals surface area contributed by atoms with Gasteiger partial charge in [0.2, 0.25) is 0 Å². The summed E-state index contributed by atoms with van der Waals surface area (Å²) < 4.78 is 7.49. The number of hydrogen-bond donors (Lipinski definition) is 1. The van der Waals surface area contributed by atoms with Gasteiger partial charge in [0.05, 0.1) is 28.1 Å². The summed E-state index contributed by atoms with van der Waals surface area (Å²) in [6.45, 7) is 4.86. The van der Waals surface area contributed by atoms with Crippen LogP contribution in [0, 0.1) is 0 Å². The fourth-order valence-corrected chi connectivity index (χ4v) is 3.35. The van der Waals surface area contributed by atoms with Crippen molar-refractivity contribution >= 4 is 11.6 Å². The molecule has 1 atom stereocenters. The fourth-order valence-electron chi connectivity index (χ4n) is 3.00. The van der Waals surface area contributed by atoms with E-state index in [9.17, 15) is 5.11 Å². The van der Waals surface area contributed by atoms with Gasteiger partial charge >= 0.3 is 0 Å². The minimum atomic E-state index is -0.431. The Kier molecular flexibility index (Phi) is 5.10. The summed E-state index contributed by atoms with van der Waals surface area (Å²) in [7, 11) is 1.74. The normalized spacial score (nSPS) is 18.9. The molecular weight excluding hydrogens is 276 g/mol. The van der Waals surface area contributed by atoms with E-state index in [1.54, 1.807) is 7.11 Å². The molecule has 5 heteroatoms. The van der Waals surface area contributed by atoms with Gasteiger partial charge in [0, 0.05) is 26.5 Å². The molecule has 1 aromatic heterocycles. The molecule has 0 saturated heterocycles. The number of ether oxygens (including phenoxy) is 1. The van der Waals surface area contributed by atoms with E-state index in [1.807, 2.05) is 18.5 Å². The summed E-state index contributed by atoms with van der Waals surface area (Å²) in [6.07, 6.45) is 4.88. The third-order valence-corrected chi connectivity index (χ3v) is 4.86. The maximum atomic E-state index is 10.4. The molecule has 1 unspecified atom stereocenters. The van der Waals surface area contributed by atoms with Gasteiger partial charge in [0.25, 0.3) is 0 Å². The van der Waals surface area contributed by atoms with E-state index in [-0.39, 0.29) is 5.60 Å². The quantitative estimate of drug-likeness (QED) is 0.842. The topological polar surface area (TPSA) is 47.3 Å². The van der Waals surface area contributed by atoms with Gasteiger partial charge in [0.15, 0.2) is 0 Å². The second-order valence-electron chi connectivity index (χ2n) is 5.68. The van der Waals surface area contributed by atoms with E-state index in [4.69, 9.17) is 16.3 Å². The highest BCUT2D eigenvalue weighted by Crippen LogP contribution is 2.39. The van der Waals surface area contributed by atoms with Crippen molar-refractivity contribution in [2.24, 2.45) is 0 Å². The van der Waals surface area contributed by atoms with E-state index in [1.165, 1.54) is 6.42 Å². The Morgan fingerprint density at radius 1 is 1.45 bits per heavy atom. The molecule has 0 spiro atoms. The van der Waals surface area contributed by atoms with Crippen LogP contribution < -0.4 is 0 Å². The van der Waals surface area contributed by atoms with Crippen LogP contribution in [-0.4, -0.2) is 33.7 Å². The van der Waals surface area contributed by atoms with Gasteiger partial charge in [-0.2, -0.15) is 5.10 Å². The van der Waals surface area contributed by atoms with E-state index >= 15 is 0 Å². The van der Waals surface area contributed by atoms with Crippen LogP contribution in [0.15, 0.2) is 0 Å². The molecule has 2 rings (SSSR count). The van der Waals surface area contributed by atoms with Crippen LogP contribution in [0.2, 0.25) is 5.02 Å². The molecule has 0 amide bonds. The molecule has 0 bridgehead atoms. The smallest absolute Gasteiger partial charge is 0.0850 e. The highest BCUT2D eigenvalue weighted by Gasteiger charge is 2.39. The second kappa shape index (κ2) is 6.46. The van der Waals surface area contributed by atoms with E-state index in [2.05, 4.69) is 5.10 Å². The van der Waals surface area contributed by atoms with Crippen molar-refractivity contribution in [2.45, 2.75) is 70.6 Å². The van der Waals surface area contributed by atoms with Crippen LogP contribution in [0.25, 0.3) is 0 Å². The van der Waals surface area contributed by atoms with Gasteiger partial charge in [-0.1, -0.05) is 18.5 Å². The van der Waals surface area contributed by atoms with Gasteiger partial charge in [-0.25, -0.2) is 0 Å². The van der Waals surface area contributed by atoms with Crippen molar-refractivity contribution in [1.82, 2.24) is 9.78 Å². The summed E-state index contributed by atoms with van der Waals surface area (Å²) in [5.41, 5.74) is 1.75. The molecule has 0 aromatic carbocycles. The van der Waals surface area contributed by atoms with Gasteiger partial charge in [-0.15, -0.1) is 0 Å². The summed E-state index contributed by atoms with van der Waals surface area (Å²) in [5, 5.41) is 15.6. The van der Waals surface area contributed by atoms with Crippen LogP contribution in [-0.2, 0) is 24.1 Å². The van der Waals surface area contributed by atoms with E-state index in [0.29, 0.717) is 17.9 Å². The molecule has 1 N–H and O–H groups in total. The minimum Gasteiger partial charge on any atom is -0.393 e. The Balaban J connectivity index is 2.07. The zero-order chi connectivity index (χ0) is 14.8. The molecule has 4 nitrogen and oxygen atoms in total. The van der Waals surface area contributed by atoms with Gasteiger partial charge in [-0.05, 0) is 32.6 Å². The van der Waals surface area contributed by atoms with Gasteiger partial charge in [-0.3, -0.25) is 4.68 Å². The SMILES string of the molecule is CCc1nn(CC)c(CC(O)CC2(OC)CCC2)c1Cl. The summed E-state index contributed by atoms with van der Waals surface area (Å²) in [4.78, 5) is 0. The lowest BCUT2D eigenvalue weighted by molar-refractivity contribution is -0.0990. The van der Waals surface area contributed by atoms with Crippen LogP contribution >= 0.6 is 11.6 Å². The summed E-state index contributed by atoms with van der Waals surface area (Å²) in [5.74, 6) is 0. The number of aliphatic hydroxyl groups excluding tert-OH is 1. The van der Waals surface area contributed by atoms with Crippen molar-refractivity contribution in [3.05, 3.63) is 16.4 Å². The molecule has 114 valence electrons. The third-order valence-electron chi connectivity index (χ3n) is 4.43. The lowest BCUT2D eigenvalue weighted by atomic mass is 9.75. The number of aliphatic hydroxyl groups is 1.